The minimum atomic E-state index is -4.07. The van der Waals surface area contributed by atoms with Gasteiger partial charge in [-0.25, -0.2) is 12.8 Å². The number of carbonyl (C=O) groups excluding carboxylic acids is 1. The van der Waals surface area contributed by atoms with E-state index in [0.29, 0.717) is 0 Å². The monoisotopic (exact) mass is 366 g/mol. The Labute approximate surface area is 141 Å². The van der Waals surface area contributed by atoms with Gasteiger partial charge in [0.05, 0.1) is 10.6 Å². The zero-order chi connectivity index (χ0) is 18.7. The predicted octanol–water partition coefficient (Wildman–Crippen LogP) is 0.120. The largest absolute Gasteiger partial charge is 0.415 e. The maximum absolute atomic E-state index is 12.9. The van der Waals surface area contributed by atoms with E-state index in [2.05, 4.69) is 30.6 Å². The second kappa shape index (κ2) is 6.83. The molecule has 0 radical (unpaired) electrons. The molecule has 1 atom stereocenters. The van der Waals surface area contributed by atoms with Gasteiger partial charge in [-0.15, -0.1) is 6.57 Å². The summed E-state index contributed by atoms with van der Waals surface area (Å²) < 4.78 is 37.4. The minimum absolute atomic E-state index is 0.247. The number of anilines is 1. The summed E-state index contributed by atoms with van der Waals surface area (Å²) in [5.41, 5.74) is -2.34. The summed E-state index contributed by atoms with van der Waals surface area (Å²) in [6, 6.07) is 3.95. The van der Waals surface area contributed by atoms with Crippen LogP contribution in [0.25, 0.3) is 4.85 Å². The number of halogens is 1. The standard InChI is InChI=1S/C13H11FN6O4S/c1-13(22,7-25(23,24)9-5-3-8(14)4-6-9)10(21)16-12-19-17-11(15-2)18-20-12/h3-6,22H,7H2,1H3,(H,16,19,20,21)/t13-/m0/s1. The van der Waals surface area contributed by atoms with Crippen LogP contribution in [-0.4, -0.2) is 51.2 Å². The Hall–Kier alpha value is -3.04. The Kier molecular flexibility index (Phi) is 5.00. The topological polar surface area (TPSA) is 139 Å². The Balaban J connectivity index is 2.14. The van der Waals surface area contributed by atoms with Crippen LogP contribution in [0.1, 0.15) is 6.92 Å². The van der Waals surface area contributed by atoms with Crippen molar-refractivity contribution in [1.29, 1.82) is 0 Å². The maximum Gasteiger partial charge on any atom is 0.415 e. The first-order valence-electron chi connectivity index (χ1n) is 6.61. The SMILES string of the molecule is [C-]#[N+]c1nnc(NC(=O)[C@@](C)(O)CS(=O)(=O)c2ccc(F)cc2)nn1. The van der Waals surface area contributed by atoms with Crippen molar-refractivity contribution in [2.75, 3.05) is 11.1 Å². The molecule has 0 fully saturated rings. The molecule has 1 aromatic heterocycles. The Morgan fingerprint density at radius 2 is 1.84 bits per heavy atom. The number of benzene rings is 1. The fraction of sp³-hybridized carbons (Fsp3) is 0.231. The van der Waals surface area contributed by atoms with Crippen molar-refractivity contribution in [2.45, 2.75) is 17.4 Å². The van der Waals surface area contributed by atoms with Gasteiger partial charge >= 0.3 is 5.95 Å². The number of nitrogens with zero attached hydrogens (tertiary/aromatic N) is 5. The van der Waals surface area contributed by atoms with Gasteiger partial charge < -0.3 is 9.95 Å². The Bertz CT molecular complexity index is 922. The van der Waals surface area contributed by atoms with Gasteiger partial charge in [0.2, 0.25) is 0 Å². The Morgan fingerprint density at radius 3 is 2.36 bits per heavy atom. The summed E-state index contributed by atoms with van der Waals surface area (Å²) in [5.74, 6) is -3.44. The molecule has 2 rings (SSSR count). The lowest BCUT2D eigenvalue weighted by Gasteiger charge is -2.21. The average molecular weight is 366 g/mol. The van der Waals surface area contributed by atoms with Gasteiger partial charge in [-0.2, -0.15) is 0 Å². The van der Waals surface area contributed by atoms with E-state index in [9.17, 15) is 22.7 Å². The van der Waals surface area contributed by atoms with Crippen molar-refractivity contribution in [3.63, 3.8) is 0 Å². The lowest BCUT2D eigenvalue weighted by Crippen LogP contribution is -2.46. The smallest absolute Gasteiger partial charge is 0.391 e. The highest BCUT2D eigenvalue weighted by Gasteiger charge is 2.37. The highest BCUT2D eigenvalue weighted by Crippen LogP contribution is 2.18. The molecular weight excluding hydrogens is 355 g/mol. The van der Waals surface area contributed by atoms with Gasteiger partial charge in [-0.05, 0) is 51.6 Å². The van der Waals surface area contributed by atoms with Crippen molar-refractivity contribution >= 4 is 27.6 Å². The molecule has 1 aromatic carbocycles. The van der Waals surface area contributed by atoms with Crippen molar-refractivity contribution < 1.29 is 22.7 Å². The van der Waals surface area contributed by atoms with E-state index in [4.69, 9.17) is 6.57 Å². The van der Waals surface area contributed by atoms with Crippen molar-refractivity contribution in [2.24, 2.45) is 0 Å². The molecule has 0 aliphatic heterocycles. The van der Waals surface area contributed by atoms with E-state index in [0.717, 1.165) is 31.2 Å². The summed E-state index contributed by atoms with van der Waals surface area (Å²) in [4.78, 5) is 14.7. The van der Waals surface area contributed by atoms with Crippen LogP contribution in [0.15, 0.2) is 29.2 Å². The first-order chi connectivity index (χ1) is 11.6. The zero-order valence-corrected chi connectivity index (χ0v) is 13.5. The molecule has 130 valence electrons. The number of amides is 1. The van der Waals surface area contributed by atoms with Crippen LogP contribution in [0.2, 0.25) is 0 Å². The molecule has 0 bridgehead atoms. The summed E-state index contributed by atoms with van der Waals surface area (Å²) in [7, 11) is -4.07. The van der Waals surface area contributed by atoms with Crippen LogP contribution in [0.5, 0.6) is 0 Å². The third-order valence-electron chi connectivity index (χ3n) is 2.93. The van der Waals surface area contributed by atoms with Crippen molar-refractivity contribution in [3.05, 3.63) is 41.5 Å². The predicted molar refractivity (Wildman–Crippen MR) is 81.6 cm³/mol. The van der Waals surface area contributed by atoms with Crippen molar-refractivity contribution in [1.82, 2.24) is 20.4 Å². The van der Waals surface area contributed by atoms with Crippen LogP contribution >= 0.6 is 0 Å². The highest BCUT2D eigenvalue weighted by atomic mass is 32.2. The molecule has 2 N–H and O–H groups in total. The van der Waals surface area contributed by atoms with Crippen LogP contribution in [0.3, 0.4) is 0 Å². The number of hydrogen-bond acceptors (Lipinski definition) is 8. The molecule has 12 heteroatoms. The van der Waals surface area contributed by atoms with Crippen LogP contribution in [-0.2, 0) is 14.6 Å². The van der Waals surface area contributed by atoms with E-state index >= 15 is 0 Å². The molecule has 1 amide bonds. The summed E-state index contributed by atoms with van der Waals surface area (Å²) in [5, 5.41) is 25.7. The van der Waals surface area contributed by atoms with Gasteiger partial charge in [-0.3, -0.25) is 10.1 Å². The van der Waals surface area contributed by atoms with Gasteiger partial charge in [0.25, 0.3) is 11.9 Å². The number of sulfone groups is 1. The molecule has 0 saturated carbocycles. The third-order valence-corrected chi connectivity index (χ3v) is 4.86. The second-order valence-electron chi connectivity index (χ2n) is 5.08. The van der Waals surface area contributed by atoms with E-state index in [-0.39, 0.29) is 10.8 Å². The summed E-state index contributed by atoms with van der Waals surface area (Å²) >= 11 is 0. The lowest BCUT2D eigenvalue weighted by molar-refractivity contribution is -0.130. The summed E-state index contributed by atoms with van der Waals surface area (Å²) in [6.07, 6.45) is 0. The molecule has 0 aliphatic rings. The van der Waals surface area contributed by atoms with Crippen LogP contribution in [0, 0.1) is 12.4 Å². The van der Waals surface area contributed by atoms with E-state index in [1.54, 1.807) is 0 Å². The molecule has 10 nitrogen and oxygen atoms in total. The first kappa shape index (κ1) is 18.3. The highest BCUT2D eigenvalue weighted by molar-refractivity contribution is 7.91. The molecule has 1 heterocycles. The van der Waals surface area contributed by atoms with Gasteiger partial charge in [-0.1, -0.05) is 0 Å². The molecule has 0 aliphatic carbocycles. The molecule has 25 heavy (non-hydrogen) atoms. The first-order valence-corrected chi connectivity index (χ1v) is 8.26. The number of nitrogens with one attached hydrogen (secondary N) is 1. The number of aromatic nitrogens is 4. The molecule has 0 spiro atoms. The van der Waals surface area contributed by atoms with Crippen molar-refractivity contribution in [3.8, 4) is 0 Å². The Morgan fingerprint density at radius 1 is 1.28 bits per heavy atom. The summed E-state index contributed by atoms with van der Waals surface area (Å²) in [6.45, 7) is 7.63. The minimum Gasteiger partial charge on any atom is -0.391 e. The molecule has 0 unspecified atom stereocenters. The number of aliphatic hydroxyl groups is 1. The quantitative estimate of drug-likeness (QED) is 0.562. The van der Waals surface area contributed by atoms with E-state index in [1.165, 1.54) is 0 Å². The maximum atomic E-state index is 12.9. The molecule has 0 saturated heterocycles. The number of carbonyl (C=O) groups is 1. The fourth-order valence-electron chi connectivity index (χ4n) is 1.72. The van der Waals surface area contributed by atoms with E-state index < -0.39 is 38.9 Å². The third kappa shape index (κ3) is 4.49. The van der Waals surface area contributed by atoms with E-state index in [1.807, 2.05) is 0 Å². The van der Waals surface area contributed by atoms with Crippen LogP contribution < -0.4 is 5.32 Å². The second-order valence-corrected chi connectivity index (χ2v) is 7.07. The zero-order valence-electron chi connectivity index (χ0n) is 12.7. The van der Waals surface area contributed by atoms with Gasteiger partial charge in [0, 0.05) is 0 Å². The fourth-order valence-corrected chi connectivity index (χ4v) is 3.30. The normalized spacial score (nSPS) is 13.5. The van der Waals surface area contributed by atoms with Gasteiger partial charge in [0.15, 0.2) is 15.4 Å². The molecule has 2 aromatic rings. The lowest BCUT2D eigenvalue weighted by atomic mass is 10.1. The van der Waals surface area contributed by atoms with Gasteiger partial charge in [0.1, 0.15) is 5.82 Å². The average Bonchev–Trinajstić information content (AvgIpc) is 2.55. The number of hydrogen-bond donors (Lipinski definition) is 2. The number of rotatable bonds is 5. The van der Waals surface area contributed by atoms with Crippen LogP contribution in [0.4, 0.5) is 16.3 Å². The molecular formula is C13H11FN6O4S.